The van der Waals surface area contributed by atoms with E-state index < -0.39 is 12.6 Å². The highest BCUT2D eigenvalue weighted by molar-refractivity contribution is 5.99. The predicted octanol–water partition coefficient (Wildman–Crippen LogP) is 1.75. The number of hydrogen-bond acceptors (Lipinski definition) is 4. The number of esters is 1. The van der Waals surface area contributed by atoms with Crippen molar-refractivity contribution in [3.8, 4) is 0 Å². The summed E-state index contributed by atoms with van der Waals surface area (Å²) in [4.78, 5) is 10.9. The molecule has 0 aliphatic heterocycles. The van der Waals surface area contributed by atoms with Gasteiger partial charge < -0.3 is 4.74 Å². The Bertz CT molecular complexity index is 245. The summed E-state index contributed by atoms with van der Waals surface area (Å²) in [6.45, 7) is 4.68. The van der Waals surface area contributed by atoms with Gasteiger partial charge in [0.25, 0.3) is 0 Å². The lowest BCUT2D eigenvalue weighted by Gasteiger charge is -2.00. The third-order valence-electron chi connectivity index (χ3n) is 1.20. The maximum atomic E-state index is 12.3. The molecule has 0 aliphatic rings. The highest BCUT2D eigenvalue weighted by Gasteiger charge is 2.07. The van der Waals surface area contributed by atoms with E-state index in [1.807, 2.05) is 0 Å². The van der Waals surface area contributed by atoms with Gasteiger partial charge in [0.05, 0.1) is 18.7 Å². The van der Waals surface area contributed by atoms with E-state index in [1.54, 1.807) is 20.8 Å². The Kier molecular flexibility index (Phi) is 6.53. The molecule has 0 atom stereocenters. The summed E-state index contributed by atoms with van der Waals surface area (Å²) in [5.41, 5.74) is 0.796. The second kappa shape index (κ2) is 7.17. The molecule has 5 heteroatoms. The fraction of sp³-hybridized carbons (Fsp3) is 0.667. The Morgan fingerprint density at radius 2 is 2.00 bits per heavy atom. The van der Waals surface area contributed by atoms with E-state index in [0.717, 1.165) is 0 Å². The van der Waals surface area contributed by atoms with Gasteiger partial charge in [0.15, 0.2) is 0 Å². The van der Waals surface area contributed by atoms with Crippen LogP contribution in [0.5, 0.6) is 0 Å². The average Bonchev–Trinajstić information content (AvgIpc) is 2.12. The SMILES string of the molecule is CCOC(=O)CC(CF)=NN=C(C)C. The number of ether oxygens (including phenoxy) is 1. The van der Waals surface area contributed by atoms with Crippen LogP contribution in [0.1, 0.15) is 27.2 Å². The third kappa shape index (κ3) is 6.28. The van der Waals surface area contributed by atoms with Crippen LogP contribution < -0.4 is 0 Å². The first kappa shape index (κ1) is 12.7. The number of carbonyl (C=O) groups excluding carboxylic acids is 1. The molecule has 0 saturated heterocycles. The van der Waals surface area contributed by atoms with Crippen molar-refractivity contribution >= 4 is 17.4 Å². The molecule has 0 unspecified atom stereocenters. The molecular formula is C9H15FN2O2. The van der Waals surface area contributed by atoms with Crippen molar-refractivity contribution < 1.29 is 13.9 Å². The van der Waals surface area contributed by atoms with Crippen LogP contribution in [0.2, 0.25) is 0 Å². The van der Waals surface area contributed by atoms with Gasteiger partial charge in [-0.15, -0.1) is 0 Å². The number of nitrogens with zero attached hydrogens (tertiary/aromatic N) is 2. The fourth-order valence-corrected chi connectivity index (χ4v) is 0.659. The normalized spacial score (nSPS) is 11.0. The number of alkyl halides is 1. The van der Waals surface area contributed by atoms with Gasteiger partial charge >= 0.3 is 5.97 Å². The van der Waals surface area contributed by atoms with Gasteiger partial charge in [-0.25, -0.2) is 4.39 Å². The number of carbonyl (C=O) groups is 1. The Morgan fingerprint density at radius 1 is 1.36 bits per heavy atom. The first-order chi connectivity index (χ1) is 6.60. The summed E-state index contributed by atoms with van der Waals surface area (Å²) < 4.78 is 16.9. The van der Waals surface area contributed by atoms with E-state index in [0.29, 0.717) is 5.71 Å². The molecule has 4 nitrogen and oxygen atoms in total. The van der Waals surface area contributed by atoms with Gasteiger partial charge in [-0.1, -0.05) is 0 Å². The van der Waals surface area contributed by atoms with Crippen molar-refractivity contribution in [3.05, 3.63) is 0 Å². The smallest absolute Gasteiger partial charge is 0.311 e. The van der Waals surface area contributed by atoms with Crippen LogP contribution in [-0.4, -0.2) is 30.7 Å². The van der Waals surface area contributed by atoms with E-state index in [2.05, 4.69) is 14.9 Å². The van der Waals surface area contributed by atoms with Gasteiger partial charge in [-0.05, 0) is 20.8 Å². The Morgan fingerprint density at radius 3 is 2.43 bits per heavy atom. The Labute approximate surface area is 82.9 Å². The number of hydrogen-bond donors (Lipinski definition) is 0. The molecule has 0 aliphatic carbocycles. The first-order valence-corrected chi connectivity index (χ1v) is 4.38. The van der Waals surface area contributed by atoms with Gasteiger partial charge in [0.2, 0.25) is 0 Å². The van der Waals surface area contributed by atoms with Gasteiger partial charge in [-0.3, -0.25) is 4.79 Å². The van der Waals surface area contributed by atoms with E-state index in [4.69, 9.17) is 0 Å². The minimum atomic E-state index is -0.782. The molecule has 0 radical (unpaired) electrons. The summed E-state index contributed by atoms with van der Waals surface area (Å²) in [7, 11) is 0. The molecule has 0 spiro atoms. The minimum absolute atomic E-state index is 0.0876. The highest BCUT2D eigenvalue weighted by atomic mass is 19.1. The molecule has 14 heavy (non-hydrogen) atoms. The Hall–Kier alpha value is -1.26. The maximum Gasteiger partial charge on any atom is 0.311 e. The topological polar surface area (TPSA) is 51.0 Å². The lowest BCUT2D eigenvalue weighted by atomic mass is 10.3. The molecule has 0 aromatic carbocycles. The van der Waals surface area contributed by atoms with Gasteiger partial charge in [0.1, 0.15) is 6.67 Å². The Balaban J connectivity index is 4.22. The third-order valence-corrected chi connectivity index (χ3v) is 1.20. The zero-order valence-electron chi connectivity index (χ0n) is 8.71. The van der Waals surface area contributed by atoms with E-state index >= 15 is 0 Å². The van der Waals surface area contributed by atoms with Crippen molar-refractivity contribution in [1.29, 1.82) is 0 Å². The number of halogens is 1. The molecular weight excluding hydrogens is 187 g/mol. The molecule has 0 fully saturated rings. The van der Waals surface area contributed by atoms with Crippen molar-refractivity contribution in [2.45, 2.75) is 27.2 Å². The summed E-state index contributed by atoms with van der Waals surface area (Å²) in [6, 6.07) is 0. The van der Waals surface area contributed by atoms with Crippen LogP contribution in [0.25, 0.3) is 0 Å². The van der Waals surface area contributed by atoms with Crippen LogP contribution >= 0.6 is 0 Å². The highest BCUT2D eigenvalue weighted by Crippen LogP contribution is 1.94. The summed E-state index contributed by atoms with van der Waals surface area (Å²) in [5.74, 6) is -0.479. The second-order valence-electron chi connectivity index (χ2n) is 2.83. The quantitative estimate of drug-likeness (QED) is 0.387. The van der Waals surface area contributed by atoms with E-state index in [9.17, 15) is 9.18 Å². The summed E-state index contributed by atoms with van der Waals surface area (Å²) in [6.07, 6.45) is -0.138. The van der Waals surface area contributed by atoms with E-state index in [1.165, 1.54) is 0 Å². The molecule has 0 aromatic heterocycles. The molecule has 0 rings (SSSR count). The largest absolute Gasteiger partial charge is 0.466 e. The monoisotopic (exact) mass is 202 g/mol. The average molecular weight is 202 g/mol. The van der Waals surface area contributed by atoms with Crippen LogP contribution in [0.4, 0.5) is 4.39 Å². The van der Waals surface area contributed by atoms with Crippen LogP contribution in [0.3, 0.4) is 0 Å². The summed E-state index contributed by atoms with van der Waals surface area (Å²) in [5, 5.41) is 7.26. The van der Waals surface area contributed by atoms with Crippen molar-refractivity contribution in [2.24, 2.45) is 10.2 Å². The van der Waals surface area contributed by atoms with Crippen LogP contribution in [-0.2, 0) is 9.53 Å². The molecule has 0 heterocycles. The second-order valence-corrected chi connectivity index (χ2v) is 2.83. The molecule has 0 aromatic rings. The zero-order valence-corrected chi connectivity index (χ0v) is 8.71. The lowest BCUT2D eigenvalue weighted by molar-refractivity contribution is -0.141. The molecule has 0 bridgehead atoms. The van der Waals surface area contributed by atoms with Gasteiger partial charge in [0, 0.05) is 5.71 Å². The first-order valence-electron chi connectivity index (χ1n) is 4.38. The lowest BCUT2D eigenvalue weighted by Crippen LogP contribution is -2.12. The van der Waals surface area contributed by atoms with Crippen molar-refractivity contribution in [2.75, 3.05) is 13.3 Å². The molecule has 80 valence electrons. The molecule has 0 amide bonds. The standard InChI is InChI=1S/C9H15FN2O2/c1-4-14-9(13)5-8(6-10)12-11-7(2)3/h4-6H2,1-3H3. The van der Waals surface area contributed by atoms with E-state index in [-0.39, 0.29) is 18.7 Å². The summed E-state index contributed by atoms with van der Waals surface area (Å²) >= 11 is 0. The van der Waals surface area contributed by atoms with Crippen LogP contribution in [0, 0.1) is 0 Å². The minimum Gasteiger partial charge on any atom is -0.466 e. The van der Waals surface area contributed by atoms with Gasteiger partial charge in [-0.2, -0.15) is 10.2 Å². The predicted molar refractivity (Wildman–Crippen MR) is 53.4 cm³/mol. The molecule has 0 N–H and O–H groups in total. The van der Waals surface area contributed by atoms with Crippen molar-refractivity contribution in [1.82, 2.24) is 0 Å². The fourth-order valence-electron chi connectivity index (χ4n) is 0.659. The maximum absolute atomic E-state index is 12.3. The zero-order chi connectivity index (χ0) is 11.0. The van der Waals surface area contributed by atoms with Crippen molar-refractivity contribution in [3.63, 3.8) is 0 Å². The molecule has 0 saturated carbocycles. The number of rotatable bonds is 5. The van der Waals surface area contributed by atoms with Crippen LogP contribution in [0.15, 0.2) is 10.2 Å².